The number of piperazine rings is 1. The van der Waals surface area contributed by atoms with Gasteiger partial charge < -0.3 is 29.9 Å². The Hall–Kier alpha value is -5.20. The van der Waals surface area contributed by atoms with E-state index in [1.54, 1.807) is 19.2 Å². The smallest absolute Gasteiger partial charge is 0.247 e. The van der Waals surface area contributed by atoms with Gasteiger partial charge in [0.05, 0.1) is 36.8 Å². The maximum absolute atomic E-state index is 13.6. The summed E-state index contributed by atoms with van der Waals surface area (Å²) < 4.78 is 25.3. The van der Waals surface area contributed by atoms with Crippen molar-refractivity contribution in [1.82, 2.24) is 14.9 Å². The van der Waals surface area contributed by atoms with Crippen LogP contribution >= 0.6 is 0 Å². The molecule has 2 aliphatic heterocycles. The number of nitrogens with zero attached hydrogens (tertiary/aromatic N) is 5. The van der Waals surface area contributed by atoms with Crippen molar-refractivity contribution >= 4 is 34.6 Å². The molecule has 0 saturated carbocycles. The lowest BCUT2D eigenvalue weighted by Gasteiger charge is -2.35. The maximum Gasteiger partial charge on any atom is 0.247 e. The van der Waals surface area contributed by atoms with Crippen LogP contribution in [0.25, 0.3) is 0 Å². The fraction of sp³-hybridized carbons (Fsp3) is 0.286. The summed E-state index contributed by atoms with van der Waals surface area (Å²) in [7, 11) is 3.71. The highest BCUT2D eigenvalue weighted by atomic mass is 19.1. The Morgan fingerprint density at radius 3 is 2.60 bits per heavy atom. The lowest BCUT2D eigenvalue weighted by molar-refractivity contribution is -0.111. The van der Waals surface area contributed by atoms with E-state index in [4.69, 9.17) is 14.3 Å². The van der Waals surface area contributed by atoms with E-state index < -0.39 is 0 Å². The highest BCUT2D eigenvalue weighted by Gasteiger charge is 2.28. The van der Waals surface area contributed by atoms with E-state index in [0.29, 0.717) is 53.3 Å². The van der Waals surface area contributed by atoms with E-state index in [0.717, 1.165) is 43.9 Å². The first kappa shape index (κ1) is 31.8. The number of benzene rings is 3. The average molecular weight is 640 g/mol. The fourth-order valence-electron chi connectivity index (χ4n) is 5.72. The van der Waals surface area contributed by atoms with Gasteiger partial charge in [-0.3, -0.25) is 9.63 Å². The Bertz CT molecular complexity index is 1730. The lowest BCUT2D eigenvalue weighted by atomic mass is 10.0. The number of amides is 1. The highest BCUT2D eigenvalue weighted by molar-refractivity contribution is 6.02. The minimum atomic E-state index is -0.350. The van der Waals surface area contributed by atoms with Gasteiger partial charge in [-0.05, 0) is 61.9 Å². The summed E-state index contributed by atoms with van der Waals surface area (Å²) in [4.78, 5) is 31.9. The second-order valence-corrected chi connectivity index (χ2v) is 11.5. The maximum atomic E-state index is 13.6. The van der Waals surface area contributed by atoms with Crippen LogP contribution in [0.5, 0.6) is 17.2 Å². The molecule has 12 heteroatoms. The molecular formula is C35H38FN7O4. The number of hydrogen-bond acceptors (Lipinski definition) is 10. The zero-order chi connectivity index (χ0) is 32.8. The molecule has 3 heterocycles. The van der Waals surface area contributed by atoms with Crippen LogP contribution in [0.15, 0.2) is 85.7 Å². The van der Waals surface area contributed by atoms with Gasteiger partial charge in [-0.1, -0.05) is 24.8 Å². The van der Waals surface area contributed by atoms with Crippen molar-refractivity contribution in [3.8, 4) is 17.2 Å². The molecule has 47 heavy (non-hydrogen) atoms. The van der Waals surface area contributed by atoms with Crippen LogP contribution in [0.3, 0.4) is 0 Å². The fourth-order valence-corrected chi connectivity index (χ4v) is 5.72. The summed E-state index contributed by atoms with van der Waals surface area (Å²) in [6, 6.07) is 19.4. The first-order chi connectivity index (χ1) is 22.9. The number of ether oxygens (including phenoxy) is 2. The molecule has 2 fully saturated rings. The predicted octanol–water partition coefficient (Wildman–Crippen LogP) is 5.79. The zero-order valence-corrected chi connectivity index (χ0v) is 26.5. The van der Waals surface area contributed by atoms with Gasteiger partial charge in [-0.15, -0.1) is 0 Å². The van der Waals surface area contributed by atoms with Crippen LogP contribution in [-0.2, 0) is 16.1 Å². The minimum Gasteiger partial charge on any atom is -0.494 e. The van der Waals surface area contributed by atoms with Crippen molar-refractivity contribution in [1.29, 1.82) is 0 Å². The van der Waals surface area contributed by atoms with Crippen LogP contribution in [0.1, 0.15) is 12.0 Å². The Morgan fingerprint density at radius 1 is 1.04 bits per heavy atom. The van der Waals surface area contributed by atoms with E-state index in [1.165, 1.54) is 24.5 Å². The molecule has 1 atom stereocenters. The second kappa shape index (κ2) is 14.5. The number of hydroxylamine groups is 1. The normalized spacial score (nSPS) is 16.5. The van der Waals surface area contributed by atoms with Crippen LogP contribution in [-0.4, -0.2) is 73.8 Å². The molecular weight excluding hydrogens is 601 g/mol. The third-order valence-electron chi connectivity index (χ3n) is 8.16. The summed E-state index contributed by atoms with van der Waals surface area (Å²) in [6.07, 6.45) is 4.22. The number of aromatic nitrogens is 2. The van der Waals surface area contributed by atoms with Crippen molar-refractivity contribution < 1.29 is 23.5 Å². The van der Waals surface area contributed by atoms with Crippen molar-refractivity contribution in [2.24, 2.45) is 0 Å². The number of hydrogen-bond donors (Lipinski definition) is 2. The van der Waals surface area contributed by atoms with Crippen LogP contribution in [0.4, 0.5) is 33.1 Å². The number of carbonyl (C=O) groups is 1. The lowest BCUT2D eigenvalue weighted by Crippen LogP contribution is -2.44. The summed E-state index contributed by atoms with van der Waals surface area (Å²) >= 11 is 0. The van der Waals surface area contributed by atoms with Crippen molar-refractivity contribution in [2.75, 3.05) is 67.5 Å². The van der Waals surface area contributed by atoms with Crippen molar-refractivity contribution in [3.63, 3.8) is 0 Å². The number of likely N-dealkylation sites (N-methyl/N-ethyl adjacent to an activating group) is 1. The molecule has 0 radical (unpaired) electrons. The van der Waals surface area contributed by atoms with Crippen LogP contribution < -0.4 is 30.1 Å². The molecule has 244 valence electrons. The van der Waals surface area contributed by atoms with E-state index in [1.807, 2.05) is 47.5 Å². The monoisotopic (exact) mass is 639 g/mol. The molecule has 2 N–H and O–H groups in total. The van der Waals surface area contributed by atoms with Gasteiger partial charge >= 0.3 is 0 Å². The number of nitrogens with one attached hydrogen (secondary N) is 2. The molecule has 1 amide bonds. The quantitative estimate of drug-likeness (QED) is 0.196. The molecule has 0 spiro atoms. The van der Waals surface area contributed by atoms with E-state index in [2.05, 4.69) is 44.0 Å². The Balaban J connectivity index is 1.20. The predicted molar refractivity (Wildman–Crippen MR) is 180 cm³/mol. The third-order valence-corrected chi connectivity index (χ3v) is 8.16. The first-order valence-electron chi connectivity index (χ1n) is 15.5. The molecule has 1 unspecified atom stereocenters. The average Bonchev–Trinajstić information content (AvgIpc) is 3.54. The number of rotatable bonds is 11. The van der Waals surface area contributed by atoms with E-state index in [9.17, 15) is 9.18 Å². The standard InChI is InChI=1S/C35H38FN7O4/c1-4-35(44)40-29-20-30(32(45-3)21-31(29)42-14-12-41(2)13-15-42)39-33-22-34(38-23-37-33)43-26(11-16-46-43)17-24-7-5-9-27(18-24)47-28-10-6-8-25(36)19-28/h4-10,18-23,26H,1,11-17H2,2-3H3,(H,40,44)(H,37,38,39). The molecule has 11 nitrogen and oxygen atoms in total. The van der Waals surface area contributed by atoms with Crippen molar-refractivity contribution in [2.45, 2.75) is 18.9 Å². The van der Waals surface area contributed by atoms with Gasteiger partial charge in [-0.2, -0.15) is 0 Å². The van der Waals surface area contributed by atoms with Gasteiger partial charge in [0.2, 0.25) is 5.91 Å². The minimum absolute atomic E-state index is 0.0142. The van der Waals surface area contributed by atoms with Gasteiger partial charge in [0, 0.05) is 44.4 Å². The van der Waals surface area contributed by atoms with E-state index >= 15 is 0 Å². The molecule has 3 aromatic carbocycles. The highest BCUT2D eigenvalue weighted by Crippen LogP contribution is 2.39. The first-order valence-corrected chi connectivity index (χ1v) is 15.5. The third kappa shape index (κ3) is 7.79. The SMILES string of the molecule is C=CC(=O)Nc1cc(Nc2cc(N3OCCC3Cc3cccc(Oc4cccc(F)c4)c3)ncn2)c(OC)cc1N1CCN(C)CC1. The summed E-state index contributed by atoms with van der Waals surface area (Å²) in [5, 5.41) is 8.12. The summed E-state index contributed by atoms with van der Waals surface area (Å²) in [5.41, 5.74) is 3.19. The van der Waals surface area contributed by atoms with E-state index in [-0.39, 0.29) is 17.8 Å². The van der Waals surface area contributed by atoms with Gasteiger partial charge in [0.15, 0.2) is 5.82 Å². The molecule has 0 bridgehead atoms. The molecule has 1 aromatic heterocycles. The van der Waals surface area contributed by atoms with Crippen LogP contribution in [0.2, 0.25) is 0 Å². The van der Waals surface area contributed by atoms with Crippen molar-refractivity contribution in [3.05, 3.63) is 97.1 Å². The van der Waals surface area contributed by atoms with Gasteiger partial charge in [-0.25, -0.2) is 19.4 Å². The molecule has 0 aliphatic carbocycles. The Labute approximate surface area is 273 Å². The largest absolute Gasteiger partial charge is 0.494 e. The zero-order valence-electron chi connectivity index (χ0n) is 26.5. The topological polar surface area (TPSA) is 104 Å². The van der Waals surface area contributed by atoms with Crippen LogP contribution in [0, 0.1) is 5.82 Å². The van der Waals surface area contributed by atoms with Gasteiger partial charge in [0.1, 0.15) is 35.2 Å². The summed E-state index contributed by atoms with van der Waals surface area (Å²) in [6.45, 7) is 7.62. The number of methoxy groups -OCH3 is 1. The molecule has 2 aliphatic rings. The Morgan fingerprint density at radius 2 is 1.83 bits per heavy atom. The molecule has 4 aromatic rings. The van der Waals surface area contributed by atoms with Gasteiger partial charge in [0.25, 0.3) is 0 Å². The summed E-state index contributed by atoms with van der Waals surface area (Å²) in [5.74, 6) is 2.15. The number of halogens is 1. The molecule has 2 saturated heterocycles. The second-order valence-electron chi connectivity index (χ2n) is 11.5. The molecule has 6 rings (SSSR count). The number of anilines is 5. The Kier molecular flexibility index (Phi) is 9.79. The number of carbonyl (C=O) groups excluding carboxylic acids is 1.